The second kappa shape index (κ2) is 10.4. The number of piperidine rings is 1. The minimum atomic E-state index is 0.153. The molecule has 2 N–H and O–H groups in total. The molecule has 0 aliphatic carbocycles. The summed E-state index contributed by atoms with van der Waals surface area (Å²) in [5.74, 6) is 1.17. The van der Waals surface area contributed by atoms with Gasteiger partial charge in [0.05, 0.1) is 19.3 Å². The first-order valence-electron chi connectivity index (χ1n) is 10.2. The van der Waals surface area contributed by atoms with Gasteiger partial charge in [-0.25, -0.2) is 0 Å². The number of hydrogen-bond donors (Lipinski definition) is 2. The Morgan fingerprint density at radius 2 is 2.07 bits per heavy atom. The molecule has 3 unspecified atom stereocenters. The lowest BCUT2D eigenvalue weighted by Gasteiger charge is -2.35. The monoisotopic (exact) mass is 393 g/mol. The minimum absolute atomic E-state index is 0.153. The Hall–Kier alpha value is -1.14. The maximum atomic E-state index is 12.6. The van der Waals surface area contributed by atoms with E-state index in [1.807, 2.05) is 12.1 Å². The van der Waals surface area contributed by atoms with Crippen molar-refractivity contribution in [2.45, 2.75) is 32.2 Å². The Bertz CT molecular complexity index is 584. The number of carbonyl (C=O) groups is 1. The molecule has 1 amide bonds. The van der Waals surface area contributed by atoms with E-state index in [0.717, 1.165) is 44.4 Å². The van der Waals surface area contributed by atoms with Gasteiger partial charge in [0.2, 0.25) is 5.91 Å². The maximum Gasteiger partial charge on any atom is 0.220 e. The summed E-state index contributed by atoms with van der Waals surface area (Å²) in [5.41, 5.74) is 1.19. The van der Waals surface area contributed by atoms with Crippen LogP contribution in [-0.2, 0) is 9.53 Å². The van der Waals surface area contributed by atoms with Crippen molar-refractivity contribution in [2.24, 2.45) is 11.8 Å². The van der Waals surface area contributed by atoms with Crippen molar-refractivity contribution in [1.82, 2.24) is 15.5 Å². The van der Waals surface area contributed by atoms with Gasteiger partial charge in [-0.1, -0.05) is 30.7 Å². The summed E-state index contributed by atoms with van der Waals surface area (Å²) >= 11 is 6.05. The summed E-state index contributed by atoms with van der Waals surface area (Å²) in [6.45, 7) is 8.22. The van der Waals surface area contributed by atoms with E-state index in [1.54, 1.807) is 0 Å². The van der Waals surface area contributed by atoms with Crippen molar-refractivity contribution in [3.05, 3.63) is 34.9 Å². The van der Waals surface area contributed by atoms with Crippen LogP contribution in [0.1, 0.15) is 37.8 Å². The molecule has 1 aromatic carbocycles. The summed E-state index contributed by atoms with van der Waals surface area (Å²) < 4.78 is 5.49. The highest BCUT2D eigenvalue weighted by atomic mass is 35.5. The quantitative estimate of drug-likeness (QED) is 0.747. The van der Waals surface area contributed by atoms with E-state index in [-0.39, 0.29) is 11.9 Å². The van der Waals surface area contributed by atoms with E-state index in [0.29, 0.717) is 24.8 Å². The van der Waals surface area contributed by atoms with Gasteiger partial charge in [0.15, 0.2) is 0 Å². The predicted molar refractivity (Wildman–Crippen MR) is 109 cm³/mol. The van der Waals surface area contributed by atoms with E-state index in [4.69, 9.17) is 16.3 Å². The summed E-state index contributed by atoms with van der Waals surface area (Å²) in [6, 6.07) is 8.12. The third-order valence-corrected chi connectivity index (χ3v) is 6.13. The molecule has 3 rings (SSSR count). The number of halogens is 1. The number of carbonyl (C=O) groups excluding carboxylic acids is 1. The van der Waals surface area contributed by atoms with Crippen molar-refractivity contribution in [2.75, 3.05) is 45.9 Å². The summed E-state index contributed by atoms with van der Waals surface area (Å²) in [5, 5.41) is 7.37. The molecule has 2 aliphatic rings. The van der Waals surface area contributed by atoms with Crippen molar-refractivity contribution in [1.29, 1.82) is 0 Å². The molecule has 5 nitrogen and oxygen atoms in total. The van der Waals surface area contributed by atoms with Crippen LogP contribution in [-0.4, -0.2) is 56.7 Å². The summed E-state index contributed by atoms with van der Waals surface area (Å²) in [7, 11) is 0. The van der Waals surface area contributed by atoms with Crippen LogP contribution in [0.15, 0.2) is 24.3 Å². The number of ether oxygens (including phenoxy) is 1. The minimum Gasteiger partial charge on any atom is -0.379 e. The molecule has 150 valence electrons. The Labute approximate surface area is 167 Å². The van der Waals surface area contributed by atoms with E-state index in [1.165, 1.54) is 18.4 Å². The third-order valence-electron chi connectivity index (χ3n) is 5.88. The van der Waals surface area contributed by atoms with Gasteiger partial charge in [0.1, 0.15) is 0 Å². The van der Waals surface area contributed by atoms with Crippen LogP contribution in [0, 0.1) is 11.8 Å². The molecule has 0 spiro atoms. The highest BCUT2D eigenvalue weighted by Gasteiger charge is 2.25. The van der Waals surface area contributed by atoms with Gasteiger partial charge >= 0.3 is 0 Å². The molecule has 27 heavy (non-hydrogen) atoms. The fraction of sp³-hybridized carbons (Fsp3) is 0.667. The van der Waals surface area contributed by atoms with Crippen LogP contribution in [0.5, 0.6) is 0 Å². The molecule has 0 radical (unpaired) electrons. The van der Waals surface area contributed by atoms with Gasteiger partial charge in [0, 0.05) is 31.1 Å². The molecule has 3 atom stereocenters. The second-order valence-electron chi connectivity index (χ2n) is 7.81. The Balaban J connectivity index is 1.56. The summed E-state index contributed by atoms with van der Waals surface area (Å²) in [6.07, 6.45) is 3.04. The third kappa shape index (κ3) is 6.18. The Kier molecular flexibility index (Phi) is 7.94. The second-order valence-corrected chi connectivity index (χ2v) is 8.24. The molecule has 2 heterocycles. The highest BCUT2D eigenvalue weighted by molar-refractivity contribution is 6.30. The molecule has 6 heteroatoms. The van der Waals surface area contributed by atoms with E-state index in [9.17, 15) is 4.79 Å². The SMILES string of the molecule is CC(CC(=O)NCC(c1ccc(Cl)cc1)N1CCOCC1)C1CCCNC1. The lowest BCUT2D eigenvalue weighted by molar-refractivity contribution is -0.122. The number of nitrogens with zero attached hydrogens (tertiary/aromatic N) is 1. The molecule has 2 fully saturated rings. The van der Waals surface area contributed by atoms with Crippen LogP contribution in [0.4, 0.5) is 0 Å². The molecule has 2 saturated heterocycles. The van der Waals surface area contributed by atoms with Gasteiger partial charge in [0.25, 0.3) is 0 Å². The first kappa shape index (κ1) is 20.6. The largest absolute Gasteiger partial charge is 0.379 e. The standard InChI is InChI=1S/C21H32ClN3O2/c1-16(18-3-2-8-23-14-18)13-21(26)24-15-20(25-9-11-27-12-10-25)17-4-6-19(22)7-5-17/h4-7,16,18,20,23H,2-3,8-15H2,1H3,(H,24,26). The first-order valence-corrected chi connectivity index (χ1v) is 10.6. The van der Waals surface area contributed by atoms with Gasteiger partial charge in [-0.3, -0.25) is 9.69 Å². The zero-order valence-corrected chi connectivity index (χ0v) is 17.0. The molecule has 0 bridgehead atoms. The molecule has 2 aliphatic heterocycles. The lowest BCUT2D eigenvalue weighted by Crippen LogP contribution is -2.44. The number of morpholine rings is 1. The normalized spacial score (nSPS) is 23.6. The Morgan fingerprint density at radius 1 is 1.33 bits per heavy atom. The van der Waals surface area contributed by atoms with Crippen LogP contribution in [0.25, 0.3) is 0 Å². The predicted octanol–water partition coefficient (Wildman–Crippen LogP) is 2.86. The fourth-order valence-electron chi connectivity index (χ4n) is 4.14. The number of rotatable bonds is 7. The molecule has 0 saturated carbocycles. The van der Waals surface area contributed by atoms with E-state index < -0.39 is 0 Å². The highest BCUT2D eigenvalue weighted by Crippen LogP contribution is 2.24. The topological polar surface area (TPSA) is 53.6 Å². The fourth-order valence-corrected chi connectivity index (χ4v) is 4.26. The first-order chi connectivity index (χ1) is 13.1. The van der Waals surface area contributed by atoms with Crippen LogP contribution in [0.3, 0.4) is 0 Å². The molecule has 0 aromatic heterocycles. The zero-order chi connectivity index (χ0) is 19.1. The number of benzene rings is 1. The van der Waals surface area contributed by atoms with Crippen molar-refractivity contribution in [3.8, 4) is 0 Å². The Morgan fingerprint density at radius 3 is 2.74 bits per heavy atom. The van der Waals surface area contributed by atoms with Crippen molar-refractivity contribution in [3.63, 3.8) is 0 Å². The maximum absolute atomic E-state index is 12.6. The van der Waals surface area contributed by atoms with Crippen LogP contribution < -0.4 is 10.6 Å². The number of nitrogens with one attached hydrogen (secondary N) is 2. The number of amides is 1. The number of hydrogen-bond acceptors (Lipinski definition) is 4. The molecular formula is C21H32ClN3O2. The van der Waals surface area contributed by atoms with E-state index in [2.05, 4.69) is 34.6 Å². The lowest BCUT2D eigenvalue weighted by atomic mass is 9.85. The smallest absolute Gasteiger partial charge is 0.220 e. The van der Waals surface area contributed by atoms with Crippen LogP contribution in [0.2, 0.25) is 5.02 Å². The molecule has 1 aromatic rings. The van der Waals surface area contributed by atoms with E-state index >= 15 is 0 Å². The summed E-state index contributed by atoms with van der Waals surface area (Å²) in [4.78, 5) is 15.0. The van der Waals surface area contributed by atoms with Gasteiger partial charge in [-0.2, -0.15) is 0 Å². The average molecular weight is 394 g/mol. The van der Waals surface area contributed by atoms with Crippen molar-refractivity contribution >= 4 is 17.5 Å². The average Bonchev–Trinajstić information content (AvgIpc) is 2.71. The van der Waals surface area contributed by atoms with Gasteiger partial charge in [-0.05, 0) is 55.5 Å². The molecular weight excluding hydrogens is 362 g/mol. The van der Waals surface area contributed by atoms with Gasteiger partial charge < -0.3 is 15.4 Å². The van der Waals surface area contributed by atoms with Gasteiger partial charge in [-0.15, -0.1) is 0 Å². The van der Waals surface area contributed by atoms with Crippen LogP contribution >= 0.6 is 11.6 Å². The zero-order valence-electron chi connectivity index (χ0n) is 16.3. The van der Waals surface area contributed by atoms with Crippen molar-refractivity contribution < 1.29 is 9.53 Å².